The molecule has 1 heterocycles. The third kappa shape index (κ3) is 4.05. The predicted octanol–water partition coefficient (Wildman–Crippen LogP) is 1.84. The summed E-state index contributed by atoms with van der Waals surface area (Å²) in [6.07, 6.45) is 3.20. The van der Waals surface area contributed by atoms with Gasteiger partial charge < -0.3 is 15.7 Å². The molecule has 0 aliphatic carbocycles. The molecule has 0 aliphatic rings. The number of aromatic nitrogens is 1. The number of hydrogen-bond donors (Lipinski definition) is 3. The Morgan fingerprint density at radius 3 is 2.23 bits per heavy atom. The van der Waals surface area contributed by atoms with Crippen molar-refractivity contribution in [1.29, 1.82) is 0 Å². The number of nitrogens with zero attached hydrogens (tertiary/aromatic N) is 1. The lowest BCUT2D eigenvalue weighted by atomic mass is 10.2. The van der Waals surface area contributed by atoms with E-state index in [9.17, 15) is 14.7 Å². The van der Waals surface area contributed by atoms with Gasteiger partial charge in [-0.3, -0.25) is 9.59 Å². The standard InChI is InChI=1S/C16H17N3O3/c1-11(19-9-3-4-15(21)10-19)16(22)18-14-7-5-13(6-8-14)17-12(2)20/h3-11H,1-2H3,(H2-,17,18,20,21,22)/p+1/t11-/m0/s1. The molecule has 1 aromatic heterocycles. The number of aromatic hydroxyl groups is 1. The number of anilines is 2. The zero-order valence-corrected chi connectivity index (χ0v) is 12.4. The smallest absolute Gasteiger partial charge is 0.293 e. The van der Waals surface area contributed by atoms with Crippen molar-refractivity contribution in [1.82, 2.24) is 0 Å². The third-order valence-electron chi connectivity index (χ3n) is 3.11. The number of carbonyl (C=O) groups is 2. The number of pyridine rings is 1. The number of hydrogen-bond acceptors (Lipinski definition) is 3. The Morgan fingerprint density at radius 2 is 1.68 bits per heavy atom. The second-order valence-electron chi connectivity index (χ2n) is 4.93. The van der Waals surface area contributed by atoms with Crippen LogP contribution in [0.25, 0.3) is 0 Å². The maximum atomic E-state index is 12.2. The Hall–Kier alpha value is -2.89. The lowest BCUT2D eigenvalue weighted by Crippen LogP contribution is -2.43. The van der Waals surface area contributed by atoms with Crippen molar-refractivity contribution >= 4 is 23.2 Å². The Morgan fingerprint density at radius 1 is 1.09 bits per heavy atom. The molecule has 3 N–H and O–H groups in total. The SMILES string of the molecule is CC(=O)Nc1ccc(NC(=O)[C@H](C)[n+]2cccc(O)c2)cc1. The highest BCUT2D eigenvalue weighted by molar-refractivity contribution is 5.93. The second kappa shape index (κ2) is 6.71. The molecule has 0 saturated heterocycles. The second-order valence-corrected chi connectivity index (χ2v) is 4.93. The summed E-state index contributed by atoms with van der Waals surface area (Å²) in [4.78, 5) is 23.1. The first-order valence-electron chi connectivity index (χ1n) is 6.84. The van der Waals surface area contributed by atoms with Crippen LogP contribution in [-0.4, -0.2) is 16.9 Å². The molecule has 114 valence electrons. The topological polar surface area (TPSA) is 82.3 Å². The van der Waals surface area contributed by atoms with Gasteiger partial charge >= 0.3 is 0 Å². The molecule has 0 aliphatic heterocycles. The summed E-state index contributed by atoms with van der Waals surface area (Å²) < 4.78 is 1.62. The number of rotatable bonds is 4. The van der Waals surface area contributed by atoms with E-state index >= 15 is 0 Å². The van der Waals surface area contributed by atoms with Crippen LogP contribution in [0.3, 0.4) is 0 Å². The van der Waals surface area contributed by atoms with Crippen LogP contribution in [0, 0.1) is 0 Å². The maximum absolute atomic E-state index is 12.2. The number of nitrogens with one attached hydrogen (secondary N) is 2. The van der Waals surface area contributed by atoms with Gasteiger partial charge in [-0.25, -0.2) is 0 Å². The van der Waals surface area contributed by atoms with Gasteiger partial charge in [0, 0.05) is 31.3 Å². The van der Waals surface area contributed by atoms with Gasteiger partial charge in [0.1, 0.15) is 0 Å². The molecule has 2 amide bonds. The van der Waals surface area contributed by atoms with E-state index in [0.717, 1.165) is 0 Å². The zero-order chi connectivity index (χ0) is 16.1. The summed E-state index contributed by atoms with van der Waals surface area (Å²) >= 11 is 0. The molecule has 1 atom stereocenters. The minimum Gasteiger partial charge on any atom is -0.503 e. The van der Waals surface area contributed by atoms with Crippen LogP contribution in [0.2, 0.25) is 0 Å². The van der Waals surface area contributed by atoms with E-state index in [1.807, 2.05) is 0 Å². The Kier molecular flexibility index (Phi) is 4.73. The maximum Gasteiger partial charge on any atom is 0.293 e. The quantitative estimate of drug-likeness (QED) is 0.753. The molecule has 0 spiro atoms. The first-order chi connectivity index (χ1) is 10.5. The Balaban J connectivity index is 2.03. The van der Waals surface area contributed by atoms with Crippen molar-refractivity contribution < 1.29 is 19.3 Å². The summed E-state index contributed by atoms with van der Waals surface area (Å²) in [5.74, 6) is -0.254. The third-order valence-corrected chi connectivity index (χ3v) is 3.11. The van der Waals surface area contributed by atoms with E-state index in [0.29, 0.717) is 11.4 Å². The van der Waals surface area contributed by atoms with Gasteiger partial charge in [-0.05, 0) is 30.3 Å². The van der Waals surface area contributed by atoms with Crippen LogP contribution in [0.1, 0.15) is 19.9 Å². The predicted molar refractivity (Wildman–Crippen MR) is 82.4 cm³/mol. The average Bonchev–Trinajstić information content (AvgIpc) is 2.48. The van der Waals surface area contributed by atoms with Crippen molar-refractivity contribution in [2.24, 2.45) is 0 Å². The molecule has 0 unspecified atom stereocenters. The van der Waals surface area contributed by atoms with E-state index in [1.54, 1.807) is 54.1 Å². The van der Waals surface area contributed by atoms with Crippen molar-refractivity contribution in [2.45, 2.75) is 19.9 Å². The largest absolute Gasteiger partial charge is 0.503 e. The molecule has 6 heteroatoms. The summed E-state index contributed by atoms with van der Waals surface area (Å²) in [7, 11) is 0. The van der Waals surface area contributed by atoms with E-state index < -0.39 is 6.04 Å². The lowest BCUT2D eigenvalue weighted by molar-refractivity contribution is -0.705. The van der Waals surface area contributed by atoms with Crippen molar-refractivity contribution in [3.63, 3.8) is 0 Å². The summed E-state index contributed by atoms with van der Waals surface area (Å²) in [6, 6.07) is 9.59. The van der Waals surface area contributed by atoms with E-state index in [4.69, 9.17) is 0 Å². The monoisotopic (exact) mass is 300 g/mol. The van der Waals surface area contributed by atoms with Gasteiger partial charge in [-0.15, -0.1) is 0 Å². The van der Waals surface area contributed by atoms with Crippen LogP contribution in [0.5, 0.6) is 5.75 Å². The summed E-state index contributed by atoms with van der Waals surface area (Å²) in [6.45, 7) is 3.17. The molecule has 6 nitrogen and oxygen atoms in total. The molecule has 0 fully saturated rings. The fourth-order valence-electron chi connectivity index (χ4n) is 1.94. The molecule has 0 saturated carbocycles. The van der Waals surface area contributed by atoms with Crippen molar-refractivity contribution in [2.75, 3.05) is 10.6 Å². The summed E-state index contributed by atoms with van der Waals surface area (Å²) in [5.41, 5.74) is 1.30. The summed E-state index contributed by atoms with van der Waals surface area (Å²) in [5, 5.41) is 14.9. The van der Waals surface area contributed by atoms with Gasteiger partial charge in [0.05, 0.1) is 0 Å². The van der Waals surface area contributed by atoms with Gasteiger partial charge in [0.15, 0.2) is 11.9 Å². The molecular formula is C16H18N3O3+. The van der Waals surface area contributed by atoms with Crippen molar-refractivity contribution in [3.05, 3.63) is 48.8 Å². The van der Waals surface area contributed by atoms with Gasteiger partial charge in [0.2, 0.25) is 18.1 Å². The fraction of sp³-hybridized carbons (Fsp3) is 0.188. The number of benzene rings is 1. The highest BCUT2D eigenvalue weighted by Crippen LogP contribution is 2.14. The molecule has 22 heavy (non-hydrogen) atoms. The first-order valence-corrected chi connectivity index (χ1v) is 6.84. The van der Waals surface area contributed by atoms with Crippen LogP contribution < -0.4 is 15.2 Å². The molecule has 2 aromatic rings. The number of carbonyl (C=O) groups excluding carboxylic acids is 2. The molecular weight excluding hydrogens is 282 g/mol. The average molecular weight is 300 g/mol. The van der Waals surface area contributed by atoms with Crippen LogP contribution in [0.15, 0.2) is 48.8 Å². The Labute approximate surface area is 128 Å². The highest BCUT2D eigenvalue weighted by atomic mass is 16.3. The fourth-order valence-corrected chi connectivity index (χ4v) is 1.94. The zero-order valence-electron chi connectivity index (χ0n) is 12.4. The van der Waals surface area contributed by atoms with Gasteiger partial charge in [-0.2, -0.15) is 4.57 Å². The van der Waals surface area contributed by atoms with Gasteiger partial charge in [0.25, 0.3) is 5.91 Å². The molecule has 0 bridgehead atoms. The van der Waals surface area contributed by atoms with Crippen LogP contribution in [0.4, 0.5) is 11.4 Å². The van der Waals surface area contributed by atoms with Crippen molar-refractivity contribution in [3.8, 4) is 5.75 Å². The van der Waals surface area contributed by atoms with E-state index in [2.05, 4.69) is 10.6 Å². The van der Waals surface area contributed by atoms with Crippen LogP contribution >= 0.6 is 0 Å². The minimum atomic E-state index is -0.470. The first kappa shape index (κ1) is 15.5. The van der Waals surface area contributed by atoms with E-state index in [-0.39, 0.29) is 17.6 Å². The molecule has 2 rings (SSSR count). The molecule has 0 radical (unpaired) electrons. The van der Waals surface area contributed by atoms with E-state index in [1.165, 1.54) is 13.1 Å². The van der Waals surface area contributed by atoms with Gasteiger partial charge in [-0.1, -0.05) is 0 Å². The highest BCUT2D eigenvalue weighted by Gasteiger charge is 2.22. The normalized spacial score (nSPS) is 11.5. The molecule has 1 aromatic carbocycles. The lowest BCUT2D eigenvalue weighted by Gasteiger charge is -2.09. The Bertz CT molecular complexity index is 683. The number of amides is 2. The minimum absolute atomic E-state index is 0.0989. The van der Waals surface area contributed by atoms with Crippen LogP contribution in [-0.2, 0) is 9.59 Å².